The fourth-order valence-corrected chi connectivity index (χ4v) is 2.78. The molecule has 0 amide bonds. The van der Waals surface area contributed by atoms with Gasteiger partial charge in [0.05, 0.1) is 10.2 Å². The molecule has 0 fully saturated rings. The van der Waals surface area contributed by atoms with E-state index in [1.165, 1.54) is 0 Å². The van der Waals surface area contributed by atoms with E-state index in [2.05, 4.69) is 22.6 Å². The Labute approximate surface area is 128 Å². The van der Waals surface area contributed by atoms with Crippen LogP contribution in [0.3, 0.4) is 0 Å². The molecule has 0 bridgehead atoms. The second kappa shape index (κ2) is 7.01. The molecular weight excluding hydrogens is 475 g/mol. The maximum Gasteiger partial charge on any atom is 0.341 e. The van der Waals surface area contributed by atoms with Crippen molar-refractivity contribution in [3.05, 3.63) is 24.8 Å². The average molecular weight is 483 g/mol. The number of carbonyl (C=O) groups is 1. The molecule has 0 aliphatic carbocycles. The summed E-state index contributed by atoms with van der Waals surface area (Å²) in [5.41, 5.74) is 0.225. The molecule has 6 heteroatoms. The van der Waals surface area contributed by atoms with Gasteiger partial charge in [0.15, 0.2) is 0 Å². The quantitative estimate of drug-likeness (QED) is 0.400. The fourth-order valence-electron chi connectivity index (χ4n) is 0.930. The van der Waals surface area contributed by atoms with Crippen LogP contribution in [0.4, 0.5) is 0 Å². The van der Waals surface area contributed by atoms with Crippen LogP contribution < -0.4 is 0 Å². The molecular formula is C9H8I2O3Zn. The number of aromatic hydroxyl groups is 1. The number of hydrogen-bond acceptors (Lipinski definition) is 3. The normalized spacial score (nSPS) is 9.27. The standard InChI is InChI=1S/C9H8I2O3.Zn/c1-2-14-9(13)6-3-5(10)4-7(11)8(6)12;/h3-4,12H,2H2,1H3;. The van der Waals surface area contributed by atoms with Crippen LogP contribution in [-0.2, 0) is 24.2 Å². The van der Waals surface area contributed by atoms with E-state index in [0.717, 1.165) is 3.57 Å². The van der Waals surface area contributed by atoms with Gasteiger partial charge in [0.25, 0.3) is 0 Å². The first-order chi connectivity index (χ1) is 6.56. The Morgan fingerprint density at radius 1 is 1.47 bits per heavy atom. The molecule has 1 aromatic rings. The molecule has 78 valence electrons. The summed E-state index contributed by atoms with van der Waals surface area (Å²) < 4.78 is 6.36. The van der Waals surface area contributed by atoms with Gasteiger partial charge in [-0.05, 0) is 64.2 Å². The fraction of sp³-hybridized carbons (Fsp3) is 0.222. The molecule has 0 saturated heterocycles. The molecule has 3 nitrogen and oxygen atoms in total. The topological polar surface area (TPSA) is 46.5 Å². The van der Waals surface area contributed by atoms with Crippen LogP contribution in [0, 0.1) is 7.14 Å². The molecule has 1 N–H and O–H groups in total. The van der Waals surface area contributed by atoms with Gasteiger partial charge >= 0.3 is 5.97 Å². The van der Waals surface area contributed by atoms with Crippen LogP contribution in [0.1, 0.15) is 17.3 Å². The van der Waals surface area contributed by atoms with Crippen molar-refractivity contribution >= 4 is 51.2 Å². The van der Waals surface area contributed by atoms with Crippen LogP contribution in [0.15, 0.2) is 12.1 Å². The van der Waals surface area contributed by atoms with E-state index in [1.807, 2.05) is 22.6 Å². The summed E-state index contributed by atoms with van der Waals surface area (Å²) in [6, 6.07) is 3.40. The SMILES string of the molecule is CCOC(=O)c1cc(I)cc(I)c1O.[Zn]. The van der Waals surface area contributed by atoms with Crippen LogP contribution >= 0.6 is 45.2 Å². The van der Waals surface area contributed by atoms with E-state index in [9.17, 15) is 9.90 Å². The zero-order valence-corrected chi connectivity index (χ0v) is 15.4. The van der Waals surface area contributed by atoms with Gasteiger partial charge in [-0.2, -0.15) is 0 Å². The number of rotatable bonds is 2. The van der Waals surface area contributed by atoms with Gasteiger partial charge in [-0.25, -0.2) is 4.79 Å². The second-order valence-electron chi connectivity index (χ2n) is 2.50. The van der Waals surface area contributed by atoms with Crippen molar-refractivity contribution in [2.75, 3.05) is 6.61 Å². The third-order valence-corrected chi connectivity index (χ3v) is 2.97. The Hall–Kier alpha value is 0.573. The number of benzene rings is 1. The molecule has 0 radical (unpaired) electrons. The first-order valence-corrected chi connectivity index (χ1v) is 6.07. The van der Waals surface area contributed by atoms with Gasteiger partial charge < -0.3 is 9.84 Å². The molecule has 0 unspecified atom stereocenters. The number of carbonyl (C=O) groups excluding carboxylic acids is 1. The predicted octanol–water partition coefficient (Wildman–Crippen LogP) is 2.78. The van der Waals surface area contributed by atoms with Gasteiger partial charge in [-0.1, -0.05) is 0 Å². The summed E-state index contributed by atoms with van der Waals surface area (Å²) in [6.45, 7) is 2.04. The van der Waals surface area contributed by atoms with E-state index in [-0.39, 0.29) is 30.8 Å². The Bertz CT molecular complexity index is 369. The van der Waals surface area contributed by atoms with Crippen LogP contribution in [0.2, 0.25) is 0 Å². The van der Waals surface area contributed by atoms with Crippen molar-refractivity contribution in [2.24, 2.45) is 0 Å². The molecule has 0 heterocycles. The van der Waals surface area contributed by atoms with E-state index >= 15 is 0 Å². The van der Waals surface area contributed by atoms with Gasteiger partial charge in [0.1, 0.15) is 11.3 Å². The smallest absolute Gasteiger partial charge is 0.341 e. The minimum atomic E-state index is -0.485. The maximum absolute atomic E-state index is 11.4. The van der Waals surface area contributed by atoms with Gasteiger partial charge in [-0.3, -0.25) is 0 Å². The largest absolute Gasteiger partial charge is 0.506 e. The summed E-state index contributed by atoms with van der Waals surface area (Å²) in [6.07, 6.45) is 0. The molecule has 0 aliphatic rings. The Kier molecular flexibility index (Phi) is 7.28. The maximum atomic E-state index is 11.4. The predicted molar refractivity (Wildman–Crippen MR) is 69.5 cm³/mol. The number of halogens is 2. The van der Waals surface area contributed by atoms with E-state index in [0.29, 0.717) is 10.2 Å². The number of phenols is 1. The number of esters is 1. The molecule has 0 aromatic heterocycles. The van der Waals surface area contributed by atoms with Crippen molar-refractivity contribution in [1.29, 1.82) is 0 Å². The van der Waals surface area contributed by atoms with Crippen LogP contribution in [0.5, 0.6) is 5.75 Å². The molecule has 0 aliphatic heterocycles. The van der Waals surface area contributed by atoms with Crippen molar-refractivity contribution in [1.82, 2.24) is 0 Å². The third-order valence-electron chi connectivity index (χ3n) is 1.52. The molecule has 0 atom stereocenters. The first kappa shape index (κ1) is 15.6. The van der Waals surface area contributed by atoms with Gasteiger partial charge in [-0.15, -0.1) is 0 Å². The first-order valence-electron chi connectivity index (χ1n) is 3.91. The van der Waals surface area contributed by atoms with E-state index in [1.54, 1.807) is 19.1 Å². The Morgan fingerprint density at radius 2 is 2.07 bits per heavy atom. The molecule has 1 rings (SSSR count). The molecule has 0 saturated carbocycles. The summed E-state index contributed by atoms with van der Waals surface area (Å²) in [5, 5.41) is 9.61. The van der Waals surface area contributed by atoms with E-state index in [4.69, 9.17) is 4.74 Å². The van der Waals surface area contributed by atoms with E-state index < -0.39 is 5.97 Å². The van der Waals surface area contributed by atoms with Crippen LogP contribution in [0.25, 0.3) is 0 Å². The van der Waals surface area contributed by atoms with Crippen molar-refractivity contribution in [3.8, 4) is 5.75 Å². The molecule has 1 aromatic carbocycles. The third kappa shape index (κ3) is 4.15. The zero-order chi connectivity index (χ0) is 10.7. The van der Waals surface area contributed by atoms with Gasteiger partial charge in [0, 0.05) is 23.0 Å². The summed E-state index contributed by atoms with van der Waals surface area (Å²) in [5.74, 6) is -0.495. The van der Waals surface area contributed by atoms with Crippen molar-refractivity contribution in [3.63, 3.8) is 0 Å². The minimum Gasteiger partial charge on any atom is -0.506 e. The summed E-state index contributed by atoms with van der Waals surface area (Å²) in [4.78, 5) is 11.4. The van der Waals surface area contributed by atoms with Gasteiger partial charge in [0.2, 0.25) is 0 Å². The second-order valence-corrected chi connectivity index (χ2v) is 4.91. The van der Waals surface area contributed by atoms with Crippen molar-refractivity contribution in [2.45, 2.75) is 6.92 Å². The number of hydrogen-bond donors (Lipinski definition) is 1. The summed E-state index contributed by atoms with van der Waals surface area (Å²) in [7, 11) is 0. The zero-order valence-electron chi connectivity index (χ0n) is 8.09. The Balaban J connectivity index is 0.00000196. The Morgan fingerprint density at radius 3 is 2.60 bits per heavy atom. The average Bonchev–Trinajstić information content (AvgIpc) is 2.11. The summed E-state index contributed by atoms with van der Waals surface area (Å²) >= 11 is 4.06. The number of phenolic OH excluding ortho intramolecular Hbond substituents is 1. The molecule has 15 heavy (non-hydrogen) atoms. The minimum absolute atomic E-state index is 0. The molecule has 0 spiro atoms. The number of ether oxygens (including phenoxy) is 1. The van der Waals surface area contributed by atoms with Crippen molar-refractivity contribution < 1.29 is 34.1 Å². The monoisotopic (exact) mass is 482 g/mol. The van der Waals surface area contributed by atoms with Crippen LogP contribution in [-0.4, -0.2) is 17.7 Å².